The molecule has 88 valence electrons. The Balaban J connectivity index is 2.80. The molecule has 0 spiro atoms. The number of amides is 1. The molecule has 1 atom stereocenters. The number of aliphatic hydroxyl groups is 1. The molecule has 0 aromatic heterocycles. The number of benzene rings is 1. The van der Waals surface area contributed by atoms with Crippen LogP contribution < -0.4 is 5.32 Å². The standard InChI is InChI=1S/C11H13FINO2/c1-2-8(6-15)14-11(16)9-4-3-7(12)5-10(9)13/h3-5,8,15H,2,6H2,1H3,(H,14,16). The third-order valence-corrected chi connectivity index (χ3v) is 3.12. The van der Waals surface area contributed by atoms with Gasteiger partial charge in [-0.25, -0.2) is 4.39 Å². The second-order valence-electron chi connectivity index (χ2n) is 3.39. The Labute approximate surface area is 107 Å². The molecule has 0 aliphatic heterocycles. The largest absolute Gasteiger partial charge is 0.394 e. The zero-order valence-electron chi connectivity index (χ0n) is 8.84. The fraction of sp³-hybridized carbons (Fsp3) is 0.364. The number of rotatable bonds is 4. The van der Waals surface area contributed by atoms with E-state index in [4.69, 9.17) is 5.11 Å². The van der Waals surface area contributed by atoms with Crippen LogP contribution in [0.25, 0.3) is 0 Å². The summed E-state index contributed by atoms with van der Waals surface area (Å²) >= 11 is 1.91. The number of halogens is 2. The first kappa shape index (κ1) is 13.4. The molecule has 1 unspecified atom stereocenters. The van der Waals surface area contributed by atoms with E-state index < -0.39 is 0 Å². The maximum Gasteiger partial charge on any atom is 0.252 e. The van der Waals surface area contributed by atoms with E-state index in [1.54, 1.807) is 0 Å². The molecule has 16 heavy (non-hydrogen) atoms. The van der Waals surface area contributed by atoms with E-state index in [0.717, 1.165) is 0 Å². The Kier molecular flexibility index (Phi) is 5.14. The molecule has 1 aromatic carbocycles. The number of nitrogens with one attached hydrogen (secondary N) is 1. The number of hydrogen-bond donors (Lipinski definition) is 2. The smallest absolute Gasteiger partial charge is 0.252 e. The molecule has 2 N–H and O–H groups in total. The Bertz CT molecular complexity index is 380. The van der Waals surface area contributed by atoms with Crippen molar-refractivity contribution in [3.63, 3.8) is 0 Å². The zero-order chi connectivity index (χ0) is 12.1. The summed E-state index contributed by atoms with van der Waals surface area (Å²) in [6, 6.07) is 3.73. The molecule has 0 saturated heterocycles. The minimum Gasteiger partial charge on any atom is -0.394 e. The minimum absolute atomic E-state index is 0.0972. The molecule has 1 amide bonds. The second kappa shape index (κ2) is 6.15. The Morgan fingerprint density at radius 3 is 2.81 bits per heavy atom. The first-order valence-corrected chi connectivity index (χ1v) is 6.03. The van der Waals surface area contributed by atoms with Crippen molar-refractivity contribution in [1.82, 2.24) is 5.32 Å². The monoisotopic (exact) mass is 337 g/mol. The summed E-state index contributed by atoms with van der Waals surface area (Å²) in [5.41, 5.74) is 0.425. The summed E-state index contributed by atoms with van der Waals surface area (Å²) in [6.45, 7) is 1.77. The topological polar surface area (TPSA) is 49.3 Å². The SMILES string of the molecule is CCC(CO)NC(=O)c1ccc(F)cc1I. The van der Waals surface area contributed by atoms with E-state index in [2.05, 4.69) is 5.32 Å². The quantitative estimate of drug-likeness (QED) is 0.825. The minimum atomic E-state index is -0.366. The normalized spacial score (nSPS) is 12.2. The van der Waals surface area contributed by atoms with Crippen molar-refractivity contribution in [1.29, 1.82) is 0 Å². The highest BCUT2D eigenvalue weighted by Crippen LogP contribution is 2.14. The number of carbonyl (C=O) groups excluding carboxylic acids is 1. The molecule has 0 radical (unpaired) electrons. The molecule has 0 aliphatic rings. The third-order valence-electron chi connectivity index (χ3n) is 2.22. The molecule has 3 nitrogen and oxygen atoms in total. The highest BCUT2D eigenvalue weighted by atomic mass is 127. The predicted molar refractivity (Wildman–Crippen MR) is 67.7 cm³/mol. The second-order valence-corrected chi connectivity index (χ2v) is 4.55. The Morgan fingerprint density at radius 1 is 1.62 bits per heavy atom. The van der Waals surface area contributed by atoms with Gasteiger partial charge in [0, 0.05) is 3.57 Å². The summed E-state index contributed by atoms with van der Waals surface area (Å²) in [4.78, 5) is 11.8. The van der Waals surface area contributed by atoms with E-state index in [9.17, 15) is 9.18 Å². The molecule has 5 heteroatoms. The van der Waals surface area contributed by atoms with Crippen LogP contribution in [0.1, 0.15) is 23.7 Å². The molecule has 0 aliphatic carbocycles. The van der Waals surface area contributed by atoms with Gasteiger partial charge >= 0.3 is 0 Å². The maximum atomic E-state index is 12.8. The van der Waals surface area contributed by atoms with Gasteiger partial charge in [-0.05, 0) is 47.2 Å². The lowest BCUT2D eigenvalue weighted by atomic mass is 10.2. The Morgan fingerprint density at radius 2 is 2.31 bits per heavy atom. The number of carbonyl (C=O) groups is 1. The van der Waals surface area contributed by atoms with Crippen LogP contribution in [0.15, 0.2) is 18.2 Å². The molecular weight excluding hydrogens is 324 g/mol. The summed E-state index contributed by atoms with van der Waals surface area (Å²) in [7, 11) is 0. The van der Waals surface area contributed by atoms with Gasteiger partial charge in [0.25, 0.3) is 5.91 Å². The van der Waals surface area contributed by atoms with Gasteiger partial charge in [0.15, 0.2) is 0 Å². The molecule has 0 bridgehead atoms. The highest BCUT2D eigenvalue weighted by molar-refractivity contribution is 14.1. The van der Waals surface area contributed by atoms with Gasteiger partial charge in [0.1, 0.15) is 5.82 Å². The fourth-order valence-electron chi connectivity index (χ4n) is 1.21. The molecule has 0 fully saturated rings. The van der Waals surface area contributed by atoms with Crippen LogP contribution in [0.4, 0.5) is 4.39 Å². The number of hydrogen-bond acceptors (Lipinski definition) is 2. The average molecular weight is 337 g/mol. The van der Waals surface area contributed by atoms with Gasteiger partial charge in [-0.2, -0.15) is 0 Å². The van der Waals surface area contributed by atoms with Crippen molar-refractivity contribution in [3.8, 4) is 0 Å². The molecular formula is C11H13FINO2. The van der Waals surface area contributed by atoms with E-state index in [1.807, 2.05) is 29.5 Å². The predicted octanol–water partition coefficient (Wildman–Crippen LogP) is 1.93. The summed E-state index contributed by atoms with van der Waals surface area (Å²) in [6.07, 6.45) is 0.653. The van der Waals surface area contributed by atoms with Crippen LogP contribution in [0, 0.1) is 9.39 Å². The van der Waals surface area contributed by atoms with Crippen LogP contribution in [-0.2, 0) is 0 Å². The van der Waals surface area contributed by atoms with Crippen molar-refractivity contribution in [3.05, 3.63) is 33.1 Å². The van der Waals surface area contributed by atoms with Crippen LogP contribution in [-0.4, -0.2) is 23.7 Å². The van der Waals surface area contributed by atoms with Crippen LogP contribution in [0.5, 0.6) is 0 Å². The molecule has 0 saturated carbocycles. The van der Waals surface area contributed by atoms with E-state index in [0.29, 0.717) is 15.6 Å². The zero-order valence-corrected chi connectivity index (χ0v) is 11.0. The molecule has 0 heterocycles. The summed E-state index contributed by atoms with van der Waals surface area (Å²) in [5.74, 6) is -0.652. The van der Waals surface area contributed by atoms with Crippen LogP contribution in [0.3, 0.4) is 0 Å². The van der Waals surface area contributed by atoms with Gasteiger partial charge in [-0.3, -0.25) is 4.79 Å². The van der Waals surface area contributed by atoms with Crippen molar-refractivity contribution in [2.24, 2.45) is 0 Å². The number of aliphatic hydroxyl groups excluding tert-OH is 1. The van der Waals surface area contributed by atoms with Crippen molar-refractivity contribution in [2.75, 3.05) is 6.61 Å². The van der Waals surface area contributed by atoms with Gasteiger partial charge in [0.2, 0.25) is 0 Å². The molecule has 1 rings (SSSR count). The first-order chi connectivity index (χ1) is 7.58. The lowest BCUT2D eigenvalue weighted by molar-refractivity contribution is 0.0914. The van der Waals surface area contributed by atoms with E-state index >= 15 is 0 Å². The van der Waals surface area contributed by atoms with Gasteiger partial charge in [-0.15, -0.1) is 0 Å². The molecule has 1 aromatic rings. The first-order valence-electron chi connectivity index (χ1n) is 4.95. The van der Waals surface area contributed by atoms with Crippen molar-refractivity contribution >= 4 is 28.5 Å². The van der Waals surface area contributed by atoms with E-state index in [-0.39, 0.29) is 24.4 Å². The lowest BCUT2D eigenvalue weighted by Crippen LogP contribution is -2.37. The Hall–Kier alpha value is -0.690. The van der Waals surface area contributed by atoms with E-state index in [1.165, 1.54) is 18.2 Å². The van der Waals surface area contributed by atoms with Crippen LogP contribution >= 0.6 is 22.6 Å². The van der Waals surface area contributed by atoms with Gasteiger partial charge in [-0.1, -0.05) is 6.92 Å². The van der Waals surface area contributed by atoms with Crippen molar-refractivity contribution in [2.45, 2.75) is 19.4 Å². The summed E-state index contributed by atoms with van der Waals surface area (Å²) < 4.78 is 13.4. The fourth-order valence-corrected chi connectivity index (χ4v) is 1.94. The maximum absolute atomic E-state index is 12.8. The summed E-state index contributed by atoms with van der Waals surface area (Å²) in [5, 5.41) is 11.6. The lowest BCUT2D eigenvalue weighted by Gasteiger charge is -2.14. The van der Waals surface area contributed by atoms with Crippen molar-refractivity contribution < 1.29 is 14.3 Å². The van der Waals surface area contributed by atoms with Crippen LogP contribution in [0.2, 0.25) is 0 Å². The average Bonchev–Trinajstić information content (AvgIpc) is 2.25. The third kappa shape index (κ3) is 3.41. The van der Waals surface area contributed by atoms with Gasteiger partial charge < -0.3 is 10.4 Å². The van der Waals surface area contributed by atoms with Gasteiger partial charge in [0.05, 0.1) is 18.2 Å². The highest BCUT2D eigenvalue weighted by Gasteiger charge is 2.14.